The third-order valence-electron chi connectivity index (χ3n) is 7.25. The second kappa shape index (κ2) is 10.3. The van der Waals surface area contributed by atoms with Crippen LogP contribution in [0.4, 0.5) is 14.5 Å². The van der Waals surface area contributed by atoms with Gasteiger partial charge >= 0.3 is 0 Å². The van der Waals surface area contributed by atoms with Crippen LogP contribution in [0.5, 0.6) is 23.0 Å². The number of carbonyl (C=O) groups excluding carboxylic acids is 1. The van der Waals surface area contributed by atoms with Gasteiger partial charge in [-0.1, -0.05) is 12.5 Å². The number of halogens is 2. The number of anilines is 1. The maximum Gasteiger partial charge on any atom is 0.230 e. The molecule has 2 aliphatic rings. The Hall–Kier alpha value is -3.81. The quantitative estimate of drug-likeness (QED) is 0.370. The smallest absolute Gasteiger partial charge is 0.230 e. The highest BCUT2D eigenvalue weighted by Crippen LogP contribution is 2.48. The van der Waals surface area contributed by atoms with Crippen molar-refractivity contribution in [3.63, 3.8) is 0 Å². The number of nitrogens with zero attached hydrogens (tertiary/aromatic N) is 1. The highest BCUT2D eigenvalue weighted by atomic mass is 19.2. The monoisotopic (exact) mass is 509 g/mol. The molecule has 0 radical (unpaired) electrons. The fourth-order valence-electron chi connectivity index (χ4n) is 5.00. The number of benzene rings is 3. The lowest BCUT2D eigenvalue weighted by Gasteiger charge is -2.42. The SMILES string of the molecule is COc1ccc2c(c1)OC(c1ccc(OC)c(OC)c1)CC2N(C(=O)C1CCC1)c1ccc(F)c(F)c1. The van der Waals surface area contributed by atoms with Gasteiger partial charge in [0, 0.05) is 35.7 Å². The highest BCUT2D eigenvalue weighted by Gasteiger charge is 2.40. The van der Waals surface area contributed by atoms with Crippen LogP contribution in [0.2, 0.25) is 0 Å². The predicted molar refractivity (Wildman–Crippen MR) is 134 cm³/mol. The largest absolute Gasteiger partial charge is 0.497 e. The van der Waals surface area contributed by atoms with E-state index in [-0.39, 0.29) is 11.8 Å². The van der Waals surface area contributed by atoms with Gasteiger partial charge in [0.2, 0.25) is 5.91 Å². The van der Waals surface area contributed by atoms with Gasteiger partial charge in [0.1, 0.15) is 17.6 Å². The first kappa shape index (κ1) is 24.9. The molecule has 3 aromatic carbocycles. The first-order chi connectivity index (χ1) is 17.9. The zero-order valence-corrected chi connectivity index (χ0v) is 21.0. The summed E-state index contributed by atoms with van der Waals surface area (Å²) in [4.78, 5) is 15.4. The Kier molecular flexibility index (Phi) is 6.91. The summed E-state index contributed by atoms with van der Waals surface area (Å²) in [5, 5.41) is 0. The fourth-order valence-corrected chi connectivity index (χ4v) is 5.00. The van der Waals surface area contributed by atoms with E-state index in [1.54, 1.807) is 38.4 Å². The molecule has 194 valence electrons. The summed E-state index contributed by atoms with van der Waals surface area (Å²) in [6.07, 6.45) is 2.46. The van der Waals surface area contributed by atoms with Crippen molar-refractivity contribution in [2.24, 2.45) is 5.92 Å². The van der Waals surface area contributed by atoms with E-state index in [0.29, 0.717) is 35.1 Å². The number of methoxy groups -OCH3 is 3. The molecule has 1 aliphatic heterocycles. The fraction of sp³-hybridized carbons (Fsp3) is 0.345. The molecule has 1 fully saturated rings. The van der Waals surface area contributed by atoms with E-state index < -0.39 is 23.8 Å². The van der Waals surface area contributed by atoms with Crippen LogP contribution in [0.3, 0.4) is 0 Å². The molecule has 0 saturated heterocycles. The molecule has 0 aromatic heterocycles. The van der Waals surface area contributed by atoms with Gasteiger partial charge in [-0.3, -0.25) is 4.79 Å². The van der Waals surface area contributed by atoms with Crippen LogP contribution < -0.4 is 23.8 Å². The minimum absolute atomic E-state index is 0.100. The number of hydrogen-bond acceptors (Lipinski definition) is 5. The predicted octanol–water partition coefficient (Wildman–Crippen LogP) is 6.39. The van der Waals surface area contributed by atoms with Crippen LogP contribution in [0.1, 0.15) is 49.0 Å². The lowest BCUT2D eigenvalue weighted by molar-refractivity contribution is -0.125. The van der Waals surface area contributed by atoms with Crippen LogP contribution in [0.25, 0.3) is 0 Å². The van der Waals surface area contributed by atoms with E-state index in [0.717, 1.165) is 42.5 Å². The van der Waals surface area contributed by atoms with Crippen LogP contribution in [0.15, 0.2) is 54.6 Å². The molecule has 8 heteroatoms. The third kappa shape index (κ3) is 4.68. The molecule has 1 saturated carbocycles. The van der Waals surface area contributed by atoms with Crippen molar-refractivity contribution in [3.8, 4) is 23.0 Å². The second-order valence-electron chi connectivity index (χ2n) is 9.31. The number of hydrogen-bond donors (Lipinski definition) is 0. The van der Waals surface area contributed by atoms with Gasteiger partial charge < -0.3 is 23.8 Å². The molecule has 37 heavy (non-hydrogen) atoms. The van der Waals surface area contributed by atoms with Crippen molar-refractivity contribution in [2.45, 2.75) is 37.8 Å². The lowest BCUT2D eigenvalue weighted by atomic mass is 9.82. The van der Waals surface area contributed by atoms with Crippen molar-refractivity contribution >= 4 is 11.6 Å². The summed E-state index contributed by atoms with van der Waals surface area (Å²) in [5.74, 6) is 0.0973. The van der Waals surface area contributed by atoms with E-state index in [9.17, 15) is 13.6 Å². The third-order valence-corrected chi connectivity index (χ3v) is 7.25. The normalized spacial score (nSPS) is 18.7. The molecular formula is C29H29F2NO5. The summed E-state index contributed by atoms with van der Waals surface area (Å²) >= 11 is 0. The summed E-state index contributed by atoms with van der Waals surface area (Å²) in [6, 6.07) is 14.1. The standard InChI is InChI=1S/C29H29F2NO5/c1-34-20-9-10-21-24(32(29(33)17-5-4-6-17)19-8-11-22(30)23(31)14-19)16-26(37-27(21)15-20)18-7-12-25(35-2)28(13-18)36-3/h7-15,17,24,26H,4-6,16H2,1-3H3. The van der Waals surface area contributed by atoms with E-state index in [4.69, 9.17) is 18.9 Å². The first-order valence-electron chi connectivity index (χ1n) is 12.3. The van der Waals surface area contributed by atoms with Crippen LogP contribution in [0, 0.1) is 17.6 Å². The molecule has 0 N–H and O–H groups in total. The Balaban J connectivity index is 1.62. The maximum absolute atomic E-state index is 14.4. The Morgan fingerprint density at radius 3 is 2.32 bits per heavy atom. The number of amides is 1. The second-order valence-corrected chi connectivity index (χ2v) is 9.31. The van der Waals surface area contributed by atoms with Gasteiger partial charge in [-0.25, -0.2) is 8.78 Å². The van der Waals surface area contributed by atoms with Gasteiger partial charge in [-0.05, 0) is 54.8 Å². The Morgan fingerprint density at radius 2 is 1.68 bits per heavy atom. The molecule has 3 aromatic rings. The lowest BCUT2D eigenvalue weighted by Crippen LogP contribution is -2.43. The van der Waals surface area contributed by atoms with E-state index in [1.165, 1.54) is 6.07 Å². The van der Waals surface area contributed by atoms with Crippen molar-refractivity contribution in [1.29, 1.82) is 0 Å². The van der Waals surface area contributed by atoms with E-state index in [1.807, 2.05) is 24.3 Å². The molecule has 5 rings (SSSR count). The zero-order valence-electron chi connectivity index (χ0n) is 21.0. The highest BCUT2D eigenvalue weighted by molar-refractivity contribution is 5.96. The average Bonchev–Trinajstić information content (AvgIpc) is 2.88. The number of rotatable bonds is 7. The average molecular weight is 510 g/mol. The number of fused-ring (bicyclic) bond motifs is 1. The van der Waals surface area contributed by atoms with Gasteiger partial charge in [0.05, 0.1) is 27.4 Å². The summed E-state index contributed by atoms with van der Waals surface area (Å²) < 4.78 is 50.9. The van der Waals surface area contributed by atoms with E-state index >= 15 is 0 Å². The topological polar surface area (TPSA) is 57.2 Å². The molecule has 1 amide bonds. The van der Waals surface area contributed by atoms with Crippen LogP contribution in [-0.4, -0.2) is 27.2 Å². The molecule has 6 nitrogen and oxygen atoms in total. The molecule has 1 aliphatic carbocycles. The minimum Gasteiger partial charge on any atom is -0.497 e. The number of carbonyl (C=O) groups is 1. The molecule has 0 bridgehead atoms. The van der Waals surface area contributed by atoms with Gasteiger partial charge in [0.25, 0.3) is 0 Å². The van der Waals surface area contributed by atoms with E-state index in [2.05, 4.69) is 0 Å². The summed E-state index contributed by atoms with van der Waals surface area (Å²) in [5.41, 5.74) is 1.92. The van der Waals surface area contributed by atoms with Crippen LogP contribution >= 0.6 is 0 Å². The maximum atomic E-state index is 14.4. The zero-order chi connectivity index (χ0) is 26.1. The van der Waals surface area contributed by atoms with Gasteiger partial charge in [-0.2, -0.15) is 0 Å². The first-order valence-corrected chi connectivity index (χ1v) is 12.3. The Labute approximate surface area is 214 Å². The van der Waals surface area contributed by atoms with Crippen molar-refractivity contribution in [2.75, 3.05) is 26.2 Å². The molecular weight excluding hydrogens is 480 g/mol. The van der Waals surface area contributed by atoms with Gasteiger partial charge in [-0.15, -0.1) is 0 Å². The summed E-state index contributed by atoms with van der Waals surface area (Å²) in [7, 11) is 4.70. The van der Waals surface area contributed by atoms with Crippen molar-refractivity contribution < 1.29 is 32.5 Å². The molecule has 2 unspecified atom stereocenters. The number of ether oxygens (including phenoxy) is 4. The van der Waals surface area contributed by atoms with Crippen LogP contribution in [-0.2, 0) is 4.79 Å². The van der Waals surface area contributed by atoms with Gasteiger partial charge in [0.15, 0.2) is 23.1 Å². The molecule has 2 atom stereocenters. The van der Waals surface area contributed by atoms with Crippen molar-refractivity contribution in [3.05, 3.63) is 77.4 Å². The minimum atomic E-state index is -0.998. The summed E-state index contributed by atoms with van der Waals surface area (Å²) in [6.45, 7) is 0. The Bertz CT molecular complexity index is 1310. The molecule has 0 spiro atoms. The molecule has 1 heterocycles. The van der Waals surface area contributed by atoms with Crippen molar-refractivity contribution in [1.82, 2.24) is 0 Å². The Morgan fingerprint density at radius 1 is 0.892 bits per heavy atom.